The molecule has 0 aliphatic carbocycles. The average Bonchev–Trinajstić information content (AvgIpc) is 2.38. The molecule has 0 atom stereocenters. The Kier molecular flexibility index (Phi) is 8.72. The molecule has 0 heterocycles. The van der Waals surface area contributed by atoms with Gasteiger partial charge < -0.3 is 20.5 Å². The molecule has 0 unspecified atom stereocenters. The van der Waals surface area contributed by atoms with Crippen LogP contribution in [0.5, 0.6) is 5.75 Å². The number of rotatable bonds is 9. The minimum Gasteiger partial charge on any atom is -0.489 e. The molecule has 0 aromatic heterocycles. The second-order valence-electron chi connectivity index (χ2n) is 4.71. The molecule has 6 heteroatoms. The second kappa shape index (κ2) is 9.73. The summed E-state index contributed by atoms with van der Waals surface area (Å²) in [6, 6.07) is 4.13. The monoisotopic (exact) mass is 408 g/mol. The van der Waals surface area contributed by atoms with Crippen molar-refractivity contribution in [1.82, 2.24) is 10.6 Å². The molecule has 0 radical (unpaired) electrons. The lowest BCUT2D eigenvalue weighted by atomic mass is 10.2. The lowest BCUT2D eigenvalue weighted by Crippen LogP contribution is -2.28. The van der Waals surface area contributed by atoms with Crippen molar-refractivity contribution >= 4 is 31.9 Å². The summed E-state index contributed by atoms with van der Waals surface area (Å²) in [5.74, 6) is 0.841. The highest BCUT2D eigenvalue weighted by Gasteiger charge is 2.10. The summed E-state index contributed by atoms with van der Waals surface area (Å²) < 4.78 is 7.66. The van der Waals surface area contributed by atoms with Crippen LogP contribution in [0.1, 0.15) is 19.4 Å². The van der Waals surface area contributed by atoms with Gasteiger partial charge in [0.15, 0.2) is 0 Å². The van der Waals surface area contributed by atoms with Crippen molar-refractivity contribution in [3.05, 3.63) is 26.6 Å². The van der Waals surface area contributed by atoms with Gasteiger partial charge in [-0.3, -0.25) is 0 Å². The van der Waals surface area contributed by atoms with E-state index in [1.165, 1.54) is 5.56 Å². The molecule has 0 aliphatic rings. The van der Waals surface area contributed by atoms with Crippen molar-refractivity contribution in [3.63, 3.8) is 0 Å². The van der Waals surface area contributed by atoms with E-state index in [0.717, 1.165) is 34.3 Å². The molecule has 3 N–H and O–H groups in total. The first-order chi connectivity index (χ1) is 9.54. The first-order valence-electron chi connectivity index (χ1n) is 6.71. The third-order valence-corrected chi connectivity index (χ3v) is 3.69. The Labute approximate surface area is 137 Å². The van der Waals surface area contributed by atoms with Crippen molar-refractivity contribution in [2.45, 2.75) is 26.5 Å². The van der Waals surface area contributed by atoms with Crippen LogP contribution in [0.25, 0.3) is 0 Å². The summed E-state index contributed by atoms with van der Waals surface area (Å²) in [6.45, 7) is 7.33. The van der Waals surface area contributed by atoms with E-state index >= 15 is 0 Å². The van der Waals surface area contributed by atoms with E-state index < -0.39 is 0 Å². The normalized spacial score (nSPS) is 11.1. The Morgan fingerprint density at radius 1 is 1.10 bits per heavy atom. The van der Waals surface area contributed by atoms with Crippen molar-refractivity contribution in [3.8, 4) is 5.75 Å². The number of halogens is 2. The van der Waals surface area contributed by atoms with Crippen LogP contribution >= 0.6 is 31.9 Å². The number of hydrogen-bond acceptors (Lipinski definition) is 4. The molecule has 0 saturated carbocycles. The van der Waals surface area contributed by atoms with Gasteiger partial charge in [-0.05, 0) is 63.4 Å². The van der Waals surface area contributed by atoms with Crippen LogP contribution in [-0.4, -0.2) is 37.5 Å². The largest absolute Gasteiger partial charge is 0.489 e. The second-order valence-corrected chi connectivity index (χ2v) is 6.41. The van der Waals surface area contributed by atoms with Gasteiger partial charge in [0, 0.05) is 26.2 Å². The molecule has 0 fully saturated rings. The molecular weight excluding hydrogens is 388 g/mol. The van der Waals surface area contributed by atoms with E-state index in [4.69, 9.17) is 9.84 Å². The van der Waals surface area contributed by atoms with E-state index in [1.54, 1.807) is 0 Å². The van der Waals surface area contributed by atoms with Gasteiger partial charge in [0.05, 0.1) is 21.7 Å². The number of nitrogens with one attached hydrogen (secondary N) is 2. The summed E-state index contributed by atoms with van der Waals surface area (Å²) >= 11 is 7.09. The van der Waals surface area contributed by atoms with Crippen LogP contribution in [0.15, 0.2) is 21.1 Å². The van der Waals surface area contributed by atoms with E-state index in [1.807, 2.05) is 13.8 Å². The van der Waals surface area contributed by atoms with Crippen molar-refractivity contribution in [2.24, 2.45) is 0 Å². The fourth-order valence-corrected chi connectivity index (χ4v) is 3.14. The van der Waals surface area contributed by atoms with Crippen LogP contribution in [0, 0.1) is 0 Å². The van der Waals surface area contributed by atoms with Crippen LogP contribution in [-0.2, 0) is 6.54 Å². The first-order valence-corrected chi connectivity index (χ1v) is 8.30. The van der Waals surface area contributed by atoms with E-state index in [2.05, 4.69) is 54.6 Å². The van der Waals surface area contributed by atoms with Gasteiger partial charge in [0.1, 0.15) is 5.75 Å². The maximum Gasteiger partial charge on any atom is 0.148 e. The minimum atomic E-state index is 0.143. The van der Waals surface area contributed by atoms with Gasteiger partial charge in [0.25, 0.3) is 0 Å². The van der Waals surface area contributed by atoms with Gasteiger partial charge >= 0.3 is 0 Å². The lowest BCUT2D eigenvalue weighted by Gasteiger charge is -2.15. The van der Waals surface area contributed by atoms with Crippen LogP contribution < -0.4 is 15.4 Å². The quantitative estimate of drug-likeness (QED) is 0.549. The molecule has 20 heavy (non-hydrogen) atoms. The third kappa shape index (κ3) is 6.54. The summed E-state index contributed by atoms with van der Waals surface area (Å²) in [6.07, 6.45) is 0.143. The standard InChI is InChI=1S/C14H22Br2N2O2/c1-10(2)20-14-12(15)7-11(8-13(14)16)9-18-4-3-17-5-6-19/h7-8,10,17-19H,3-6,9H2,1-2H3. The predicted octanol–water partition coefficient (Wildman–Crippen LogP) is 2.67. The summed E-state index contributed by atoms with van der Waals surface area (Å²) in [5, 5.41) is 15.1. The number of hydrogen-bond donors (Lipinski definition) is 3. The summed E-state index contributed by atoms with van der Waals surface area (Å²) in [7, 11) is 0. The zero-order valence-electron chi connectivity index (χ0n) is 11.9. The van der Waals surface area contributed by atoms with Crippen LogP contribution in [0.2, 0.25) is 0 Å². The molecule has 0 bridgehead atoms. The van der Waals surface area contributed by atoms with Gasteiger partial charge in [-0.1, -0.05) is 0 Å². The van der Waals surface area contributed by atoms with E-state index in [-0.39, 0.29) is 12.7 Å². The highest BCUT2D eigenvalue weighted by molar-refractivity contribution is 9.11. The number of ether oxygens (including phenoxy) is 1. The highest BCUT2D eigenvalue weighted by atomic mass is 79.9. The molecule has 1 rings (SSSR count). The van der Waals surface area contributed by atoms with Crippen LogP contribution in [0.4, 0.5) is 0 Å². The first kappa shape index (κ1) is 17.9. The Hall–Kier alpha value is -0.140. The zero-order chi connectivity index (χ0) is 15.0. The molecular formula is C14H22Br2N2O2. The molecule has 0 amide bonds. The van der Waals surface area contributed by atoms with Gasteiger partial charge in [-0.2, -0.15) is 0 Å². The maximum absolute atomic E-state index is 8.65. The van der Waals surface area contributed by atoms with Gasteiger partial charge in [-0.25, -0.2) is 0 Å². The minimum absolute atomic E-state index is 0.143. The Morgan fingerprint density at radius 2 is 1.70 bits per heavy atom. The number of benzene rings is 1. The number of aliphatic hydroxyl groups excluding tert-OH is 1. The van der Waals surface area contributed by atoms with E-state index in [0.29, 0.717) is 6.54 Å². The van der Waals surface area contributed by atoms with Gasteiger partial charge in [0.2, 0.25) is 0 Å². The Bertz CT molecular complexity index is 391. The topological polar surface area (TPSA) is 53.5 Å². The SMILES string of the molecule is CC(C)Oc1c(Br)cc(CNCCNCCO)cc1Br. The zero-order valence-corrected chi connectivity index (χ0v) is 15.1. The molecule has 1 aromatic carbocycles. The molecule has 0 aliphatic heterocycles. The van der Waals surface area contributed by atoms with Crippen molar-refractivity contribution in [2.75, 3.05) is 26.2 Å². The van der Waals surface area contributed by atoms with Gasteiger partial charge in [-0.15, -0.1) is 0 Å². The lowest BCUT2D eigenvalue weighted by molar-refractivity contribution is 0.239. The average molecular weight is 410 g/mol. The predicted molar refractivity (Wildman–Crippen MR) is 89.3 cm³/mol. The third-order valence-electron chi connectivity index (χ3n) is 2.51. The number of aliphatic hydroxyl groups is 1. The maximum atomic E-state index is 8.65. The fraction of sp³-hybridized carbons (Fsp3) is 0.571. The molecule has 0 spiro atoms. The molecule has 0 saturated heterocycles. The molecule has 114 valence electrons. The smallest absolute Gasteiger partial charge is 0.148 e. The Balaban J connectivity index is 2.47. The summed E-state index contributed by atoms with van der Waals surface area (Å²) in [5.41, 5.74) is 1.18. The molecule has 4 nitrogen and oxygen atoms in total. The Morgan fingerprint density at radius 3 is 2.25 bits per heavy atom. The van der Waals surface area contributed by atoms with Crippen LogP contribution in [0.3, 0.4) is 0 Å². The van der Waals surface area contributed by atoms with E-state index in [9.17, 15) is 0 Å². The van der Waals surface area contributed by atoms with Crippen molar-refractivity contribution < 1.29 is 9.84 Å². The van der Waals surface area contributed by atoms with Crippen molar-refractivity contribution in [1.29, 1.82) is 0 Å². The summed E-state index contributed by atoms with van der Waals surface area (Å²) in [4.78, 5) is 0. The highest BCUT2D eigenvalue weighted by Crippen LogP contribution is 2.35. The molecule has 1 aromatic rings. The fourth-order valence-electron chi connectivity index (χ4n) is 1.68.